The molecule has 1 aromatic carbocycles. The molecule has 1 N–H and O–H groups in total. The summed E-state index contributed by atoms with van der Waals surface area (Å²) in [4.78, 5) is 14.1. The normalized spacial score (nSPS) is 13.8. The van der Waals surface area contributed by atoms with E-state index >= 15 is 4.39 Å². The maximum absolute atomic E-state index is 15.2. The van der Waals surface area contributed by atoms with Crippen LogP contribution in [0.15, 0.2) is 48.9 Å². The molecule has 2 heterocycles. The summed E-state index contributed by atoms with van der Waals surface area (Å²) in [5, 5.41) is 2.97. The number of nitrogens with zero attached hydrogens (tertiary/aromatic N) is 4. The van der Waals surface area contributed by atoms with Crippen LogP contribution in [0.2, 0.25) is 0 Å². The largest absolute Gasteiger partial charge is 0.416 e. The molecule has 0 aliphatic heterocycles. The van der Waals surface area contributed by atoms with E-state index in [1.807, 2.05) is 19.1 Å². The van der Waals surface area contributed by atoms with Gasteiger partial charge in [-0.05, 0) is 49.1 Å². The number of rotatable bonds is 7. The topological polar surface area (TPSA) is 53.9 Å². The zero-order chi connectivity index (χ0) is 22.0. The van der Waals surface area contributed by atoms with Crippen LogP contribution in [-0.4, -0.2) is 21.0 Å². The molecule has 1 fully saturated rings. The van der Waals surface area contributed by atoms with Gasteiger partial charge in [0.05, 0.1) is 5.56 Å². The molecule has 0 bridgehead atoms. The number of halogens is 4. The van der Waals surface area contributed by atoms with E-state index < -0.39 is 17.6 Å². The van der Waals surface area contributed by atoms with Crippen LogP contribution in [0.5, 0.6) is 0 Å². The number of hydrogen-bond acceptors (Lipinski definition) is 5. The van der Waals surface area contributed by atoms with E-state index in [-0.39, 0.29) is 24.2 Å². The first-order valence-electron chi connectivity index (χ1n) is 9.90. The number of aryl methyl sites for hydroxylation is 1. The Balaban J connectivity index is 1.52. The summed E-state index contributed by atoms with van der Waals surface area (Å²) in [5.74, 6) is -0.369. The Morgan fingerprint density at radius 2 is 1.71 bits per heavy atom. The lowest BCUT2D eigenvalue weighted by Crippen LogP contribution is -2.27. The molecule has 1 aliphatic carbocycles. The van der Waals surface area contributed by atoms with Gasteiger partial charge in [0.25, 0.3) is 0 Å². The van der Waals surface area contributed by atoms with E-state index in [0.717, 1.165) is 36.2 Å². The van der Waals surface area contributed by atoms with E-state index in [4.69, 9.17) is 0 Å². The van der Waals surface area contributed by atoms with E-state index in [2.05, 4.69) is 20.3 Å². The highest BCUT2D eigenvalue weighted by Crippen LogP contribution is 2.35. The summed E-state index contributed by atoms with van der Waals surface area (Å²) in [7, 11) is 0. The molecule has 4 rings (SSSR count). The van der Waals surface area contributed by atoms with E-state index in [1.165, 1.54) is 18.5 Å². The molecule has 1 saturated carbocycles. The van der Waals surface area contributed by atoms with Crippen molar-refractivity contribution in [3.8, 4) is 0 Å². The van der Waals surface area contributed by atoms with Gasteiger partial charge in [-0.3, -0.25) is 4.98 Å². The van der Waals surface area contributed by atoms with E-state index in [1.54, 1.807) is 11.1 Å². The van der Waals surface area contributed by atoms with Crippen LogP contribution in [0.25, 0.3) is 0 Å². The maximum atomic E-state index is 15.2. The van der Waals surface area contributed by atoms with Gasteiger partial charge >= 0.3 is 6.18 Å². The van der Waals surface area contributed by atoms with Crippen molar-refractivity contribution in [2.45, 2.75) is 45.1 Å². The monoisotopic (exact) mass is 431 g/mol. The van der Waals surface area contributed by atoms with Gasteiger partial charge in [0.2, 0.25) is 5.82 Å². The molecule has 0 unspecified atom stereocenters. The average Bonchev–Trinajstić information content (AvgIpc) is 3.58. The molecular weight excluding hydrogens is 410 g/mol. The number of anilines is 2. The Morgan fingerprint density at radius 3 is 2.32 bits per heavy atom. The molecule has 1 aliphatic rings. The summed E-state index contributed by atoms with van der Waals surface area (Å²) in [6, 6.07) is 8.79. The quantitative estimate of drug-likeness (QED) is 0.527. The standard InChI is InChI=1S/C22H21F4N5/c1-14-2-3-16(10-27-14)11-28-20-19(23)21(30-13-29-20)31(18-8-9-18)12-15-4-6-17(7-5-15)22(24,25)26/h2-7,10,13,18H,8-9,11-12H2,1H3,(H,28,29,30). The van der Waals surface area contributed by atoms with Crippen molar-refractivity contribution in [2.24, 2.45) is 0 Å². The Morgan fingerprint density at radius 1 is 1.00 bits per heavy atom. The summed E-state index contributed by atoms with van der Waals surface area (Å²) >= 11 is 0. The number of alkyl halides is 3. The van der Waals surface area contributed by atoms with Crippen LogP contribution in [-0.2, 0) is 19.3 Å². The van der Waals surface area contributed by atoms with Crippen molar-refractivity contribution in [1.82, 2.24) is 15.0 Å². The number of hydrogen-bond donors (Lipinski definition) is 1. The summed E-state index contributed by atoms with van der Waals surface area (Å²) in [6.45, 7) is 2.50. The number of benzene rings is 1. The first kappa shape index (κ1) is 21.0. The molecule has 3 aromatic rings. The molecular formula is C22H21F4N5. The van der Waals surface area contributed by atoms with Crippen LogP contribution in [0.1, 0.15) is 35.2 Å². The van der Waals surface area contributed by atoms with Gasteiger partial charge < -0.3 is 10.2 Å². The van der Waals surface area contributed by atoms with Crippen molar-refractivity contribution in [1.29, 1.82) is 0 Å². The third-order valence-electron chi connectivity index (χ3n) is 5.10. The predicted molar refractivity (Wildman–Crippen MR) is 109 cm³/mol. The second kappa shape index (κ2) is 8.49. The third-order valence-corrected chi connectivity index (χ3v) is 5.10. The van der Waals surface area contributed by atoms with Gasteiger partial charge in [-0.15, -0.1) is 0 Å². The van der Waals surface area contributed by atoms with Crippen molar-refractivity contribution < 1.29 is 17.6 Å². The molecule has 0 amide bonds. The lowest BCUT2D eigenvalue weighted by Gasteiger charge is -2.24. The van der Waals surface area contributed by atoms with Gasteiger partial charge in [-0.1, -0.05) is 18.2 Å². The molecule has 162 valence electrons. The zero-order valence-electron chi connectivity index (χ0n) is 16.8. The molecule has 0 saturated heterocycles. The molecule has 0 spiro atoms. The van der Waals surface area contributed by atoms with Crippen molar-refractivity contribution in [3.05, 3.63) is 77.1 Å². The van der Waals surface area contributed by atoms with Gasteiger partial charge in [-0.2, -0.15) is 17.6 Å². The Labute approximate surface area is 177 Å². The number of nitrogens with one attached hydrogen (secondary N) is 1. The second-order valence-electron chi connectivity index (χ2n) is 7.58. The lowest BCUT2D eigenvalue weighted by atomic mass is 10.1. The number of aromatic nitrogens is 3. The average molecular weight is 431 g/mol. The van der Waals surface area contributed by atoms with Gasteiger partial charge in [0.15, 0.2) is 11.6 Å². The minimum absolute atomic E-state index is 0.0728. The Hall–Kier alpha value is -3.23. The van der Waals surface area contributed by atoms with E-state index in [9.17, 15) is 13.2 Å². The second-order valence-corrected chi connectivity index (χ2v) is 7.58. The molecule has 0 radical (unpaired) electrons. The van der Waals surface area contributed by atoms with E-state index in [0.29, 0.717) is 12.1 Å². The fraction of sp³-hybridized carbons (Fsp3) is 0.318. The van der Waals surface area contributed by atoms with Crippen LogP contribution < -0.4 is 10.2 Å². The first-order chi connectivity index (χ1) is 14.8. The molecule has 9 heteroatoms. The van der Waals surface area contributed by atoms with Crippen LogP contribution >= 0.6 is 0 Å². The fourth-order valence-corrected chi connectivity index (χ4v) is 3.23. The summed E-state index contributed by atoms with van der Waals surface area (Å²) in [5.41, 5.74) is 1.72. The highest BCUT2D eigenvalue weighted by molar-refractivity contribution is 5.53. The Kier molecular flexibility index (Phi) is 5.75. The Bertz CT molecular complexity index is 1030. The van der Waals surface area contributed by atoms with Crippen LogP contribution in [0, 0.1) is 12.7 Å². The van der Waals surface area contributed by atoms with Crippen LogP contribution in [0.3, 0.4) is 0 Å². The van der Waals surface area contributed by atoms with Gasteiger partial charge in [0.1, 0.15) is 6.33 Å². The van der Waals surface area contributed by atoms with Gasteiger partial charge in [-0.25, -0.2) is 9.97 Å². The molecule has 31 heavy (non-hydrogen) atoms. The fourth-order valence-electron chi connectivity index (χ4n) is 3.23. The van der Waals surface area contributed by atoms with Gasteiger partial charge in [0, 0.05) is 31.0 Å². The number of pyridine rings is 1. The molecule has 2 aromatic heterocycles. The van der Waals surface area contributed by atoms with Crippen molar-refractivity contribution in [3.63, 3.8) is 0 Å². The third kappa shape index (κ3) is 5.10. The lowest BCUT2D eigenvalue weighted by molar-refractivity contribution is -0.137. The highest BCUT2D eigenvalue weighted by atomic mass is 19.4. The highest BCUT2D eigenvalue weighted by Gasteiger charge is 2.33. The smallest absolute Gasteiger partial charge is 0.363 e. The van der Waals surface area contributed by atoms with Crippen LogP contribution in [0.4, 0.5) is 29.2 Å². The summed E-state index contributed by atoms with van der Waals surface area (Å²) in [6.07, 6.45) is 0.366. The van der Waals surface area contributed by atoms with Crippen molar-refractivity contribution >= 4 is 11.6 Å². The summed E-state index contributed by atoms with van der Waals surface area (Å²) < 4.78 is 53.6. The zero-order valence-corrected chi connectivity index (χ0v) is 16.8. The molecule has 5 nitrogen and oxygen atoms in total. The SMILES string of the molecule is Cc1ccc(CNc2ncnc(N(Cc3ccc(C(F)(F)F)cc3)C3CC3)c2F)cn1. The van der Waals surface area contributed by atoms with Crippen molar-refractivity contribution in [2.75, 3.05) is 10.2 Å². The first-order valence-corrected chi connectivity index (χ1v) is 9.90. The maximum Gasteiger partial charge on any atom is 0.416 e. The minimum Gasteiger partial charge on any atom is -0.363 e. The predicted octanol–water partition coefficient (Wildman–Crippen LogP) is 5.12. The molecule has 0 atom stereocenters. The minimum atomic E-state index is -4.39.